The summed E-state index contributed by atoms with van der Waals surface area (Å²) in [4.78, 5) is 27.6. The van der Waals surface area contributed by atoms with Crippen LogP contribution in [0.1, 0.15) is 40.5 Å². The van der Waals surface area contributed by atoms with Crippen LogP contribution in [-0.2, 0) is 0 Å². The molecule has 2 amide bonds. The zero-order valence-electron chi connectivity index (χ0n) is 19.4. The number of para-hydroxylation sites is 1. The number of anilines is 1. The highest BCUT2D eigenvalue weighted by atomic mass is 16.5. The van der Waals surface area contributed by atoms with Crippen molar-refractivity contribution in [1.82, 2.24) is 4.90 Å². The van der Waals surface area contributed by atoms with Crippen molar-refractivity contribution in [3.63, 3.8) is 0 Å². The summed E-state index contributed by atoms with van der Waals surface area (Å²) in [7, 11) is 0. The molecule has 3 aromatic carbocycles. The molecule has 0 radical (unpaired) electrons. The van der Waals surface area contributed by atoms with Crippen LogP contribution < -0.4 is 14.8 Å². The second kappa shape index (κ2) is 11.4. The topological polar surface area (TPSA) is 67.9 Å². The third-order valence-electron chi connectivity index (χ3n) is 5.90. The van der Waals surface area contributed by atoms with Gasteiger partial charge in [0.25, 0.3) is 11.8 Å². The molecule has 0 aliphatic carbocycles. The number of amides is 2. The van der Waals surface area contributed by atoms with Gasteiger partial charge in [0.2, 0.25) is 0 Å². The molecule has 0 saturated carbocycles. The number of rotatable bonds is 8. The second-order valence-electron chi connectivity index (χ2n) is 8.55. The molecular formula is C28H30N2O4. The lowest BCUT2D eigenvalue weighted by atomic mass is 9.98. The summed E-state index contributed by atoms with van der Waals surface area (Å²) in [6, 6.07) is 23.7. The van der Waals surface area contributed by atoms with Crippen molar-refractivity contribution in [3.05, 3.63) is 90.0 Å². The number of nitrogens with zero attached hydrogens (tertiary/aromatic N) is 1. The largest absolute Gasteiger partial charge is 0.490 e. The van der Waals surface area contributed by atoms with E-state index in [1.54, 1.807) is 48.5 Å². The molecule has 6 nitrogen and oxygen atoms in total. The van der Waals surface area contributed by atoms with Gasteiger partial charge < -0.3 is 19.7 Å². The van der Waals surface area contributed by atoms with E-state index in [0.717, 1.165) is 31.7 Å². The monoisotopic (exact) mass is 458 g/mol. The molecule has 4 rings (SSSR count). The number of likely N-dealkylation sites (tertiary alicyclic amines) is 1. The molecule has 34 heavy (non-hydrogen) atoms. The molecule has 0 atom stereocenters. The van der Waals surface area contributed by atoms with Crippen LogP contribution in [0.25, 0.3) is 0 Å². The molecule has 1 aliphatic heterocycles. The molecule has 6 heteroatoms. The first kappa shape index (κ1) is 23.4. The van der Waals surface area contributed by atoms with E-state index in [1.807, 2.05) is 35.2 Å². The molecule has 1 saturated heterocycles. The number of carbonyl (C=O) groups excluding carboxylic acids is 2. The van der Waals surface area contributed by atoms with E-state index in [2.05, 4.69) is 12.2 Å². The van der Waals surface area contributed by atoms with Gasteiger partial charge in [-0.25, -0.2) is 0 Å². The van der Waals surface area contributed by atoms with Gasteiger partial charge in [0.15, 0.2) is 0 Å². The SMILES string of the molecule is CC1CCN(C(=O)c2cccc(NC(=O)c3cccc(OCCOc4ccccc4)c3)c2)CC1. The zero-order chi connectivity index (χ0) is 23.8. The Morgan fingerprint density at radius 3 is 2.24 bits per heavy atom. The van der Waals surface area contributed by atoms with Gasteiger partial charge in [0.1, 0.15) is 24.7 Å². The minimum absolute atomic E-state index is 0.0103. The molecule has 1 heterocycles. The first-order chi connectivity index (χ1) is 16.6. The number of benzene rings is 3. The summed E-state index contributed by atoms with van der Waals surface area (Å²) in [5.74, 6) is 1.78. The predicted octanol–water partition coefficient (Wildman–Crippen LogP) is 5.27. The Balaban J connectivity index is 1.32. The summed E-state index contributed by atoms with van der Waals surface area (Å²) in [6.07, 6.45) is 2.05. The minimum Gasteiger partial charge on any atom is -0.490 e. The second-order valence-corrected chi connectivity index (χ2v) is 8.55. The van der Waals surface area contributed by atoms with Crippen molar-refractivity contribution in [1.29, 1.82) is 0 Å². The van der Waals surface area contributed by atoms with Crippen LogP contribution in [0.5, 0.6) is 11.5 Å². The van der Waals surface area contributed by atoms with Crippen molar-refractivity contribution in [2.45, 2.75) is 19.8 Å². The molecular weight excluding hydrogens is 428 g/mol. The number of ether oxygens (including phenoxy) is 2. The first-order valence-electron chi connectivity index (χ1n) is 11.7. The van der Waals surface area contributed by atoms with Gasteiger partial charge in [0, 0.05) is 29.9 Å². The summed E-state index contributed by atoms with van der Waals surface area (Å²) in [5, 5.41) is 2.89. The highest BCUT2D eigenvalue weighted by Crippen LogP contribution is 2.21. The van der Waals surface area contributed by atoms with E-state index in [0.29, 0.717) is 41.7 Å². The van der Waals surface area contributed by atoms with Crippen molar-refractivity contribution in [3.8, 4) is 11.5 Å². The molecule has 0 bridgehead atoms. The molecule has 0 spiro atoms. The lowest BCUT2D eigenvalue weighted by molar-refractivity contribution is 0.0697. The highest BCUT2D eigenvalue weighted by Gasteiger charge is 2.21. The summed E-state index contributed by atoms with van der Waals surface area (Å²) in [5.41, 5.74) is 1.65. The average molecular weight is 459 g/mol. The van der Waals surface area contributed by atoms with Crippen molar-refractivity contribution >= 4 is 17.5 Å². The van der Waals surface area contributed by atoms with E-state index in [4.69, 9.17) is 9.47 Å². The maximum Gasteiger partial charge on any atom is 0.255 e. The number of nitrogens with one attached hydrogen (secondary N) is 1. The standard InChI is InChI=1S/C28H30N2O4/c1-21-13-15-30(16-14-21)28(32)23-8-5-9-24(19-23)29-27(31)22-7-6-12-26(20-22)34-18-17-33-25-10-3-2-4-11-25/h2-12,19-21H,13-18H2,1H3,(H,29,31). The molecule has 0 unspecified atom stereocenters. The lowest BCUT2D eigenvalue weighted by Gasteiger charge is -2.30. The van der Waals surface area contributed by atoms with Crippen LogP contribution in [0, 0.1) is 5.92 Å². The third kappa shape index (κ3) is 6.38. The minimum atomic E-state index is -0.262. The molecule has 0 aromatic heterocycles. The van der Waals surface area contributed by atoms with Gasteiger partial charge >= 0.3 is 0 Å². The fourth-order valence-electron chi connectivity index (χ4n) is 3.89. The Bertz CT molecular complexity index is 1110. The van der Waals surface area contributed by atoms with E-state index in [9.17, 15) is 9.59 Å². The Morgan fingerprint density at radius 1 is 0.824 bits per heavy atom. The fourth-order valence-corrected chi connectivity index (χ4v) is 3.89. The van der Waals surface area contributed by atoms with E-state index >= 15 is 0 Å². The number of carbonyl (C=O) groups is 2. The van der Waals surface area contributed by atoms with Gasteiger partial charge in [-0.05, 0) is 67.3 Å². The van der Waals surface area contributed by atoms with Crippen LogP contribution >= 0.6 is 0 Å². The Kier molecular flexibility index (Phi) is 7.81. The van der Waals surface area contributed by atoms with E-state index < -0.39 is 0 Å². The van der Waals surface area contributed by atoms with Gasteiger partial charge in [-0.1, -0.05) is 37.3 Å². The van der Waals surface area contributed by atoms with Crippen LogP contribution in [0.15, 0.2) is 78.9 Å². The van der Waals surface area contributed by atoms with Crippen molar-refractivity contribution in [2.75, 3.05) is 31.6 Å². The summed E-state index contributed by atoms with van der Waals surface area (Å²) in [6.45, 7) is 4.53. The van der Waals surface area contributed by atoms with E-state index in [-0.39, 0.29) is 11.8 Å². The predicted molar refractivity (Wildman–Crippen MR) is 133 cm³/mol. The Morgan fingerprint density at radius 2 is 1.47 bits per heavy atom. The Labute approximate surface area is 200 Å². The molecule has 1 fully saturated rings. The molecule has 1 N–H and O–H groups in total. The van der Waals surface area contributed by atoms with Crippen LogP contribution in [0.4, 0.5) is 5.69 Å². The molecule has 1 aliphatic rings. The summed E-state index contributed by atoms with van der Waals surface area (Å²) >= 11 is 0. The molecule has 3 aromatic rings. The first-order valence-corrected chi connectivity index (χ1v) is 11.7. The van der Waals surface area contributed by atoms with Crippen LogP contribution in [0.3, 0.4) is 0 Å². The maximum absolute atomic E-state index is 12.9. The van der Waals surface area contributed by atoms with Gasteiger partial charge in [0.05, 0.1) is 0 Å². The zero-order valence-corrected chi connectivity index (χ0v) is 19.4. The smallest absolute Gasteiger partial charge is 0.255 e. The average Bonchev–Trinajstić information content (AvgIpc) is 2.88. The van der Waals surface area contributed by atoms with Crippen molar-refractivity contribution in [2.24, 2.45) is 5.92 Å². The maximum atomic E-state index is 12.9. The van der Waals surface area contributed by atoms with Crippen LogP contribution in [0.2, 0.25) is 0 Å². The number of hydrogen-bond donors (Lipinski definition) is 1. The number of piperidine rings is 1. The normalized spacial score (nSPS) is 13.9. The van der Waals surface area contributed by atoms with Gasteiger partial charge in [-0.2, -0.15) is 0 Å². The van der Waals surface area contributed by atoms with Gasteiger partial charge in [-0.15, -0.1) is 0 Å². The van der Waals surface area contributed by atoms with E-state index in [1.165, 1.54) is 0 Å². The fraction of sp³-hybridized carbons (Fsp3) is 0.286. The van der Waals surface area contributed by atoms with Crippen LogP contribution in [-0.4, -0.2) is 43.0 Å². The highest BCUT2D eigenvalue weighted by molar-refractivity contribution is 6.05. The quantitative estimate of drug-likeness (QED) is 0.467. The van der Waals surface area contributed by atoms with Gasteiger partial charge in [-0.3, -0.25) is 9.59 Å². The lowest BCUT2D eigenvalue weighted by Crippen LogP contribution is -2.37. The van der Waals surface area contributed by atoms with Crippen molar-refractivity contribution < 1.29 is 19.1 Å². The summed E-state index contributed by atoms with van der Waals surface area (Å²) < 4.78 is 11.4. The number of hydrogen-bond acceptors (Lipinski definition) is 4. The Hall–Kier alpha value is -3.80. The molecule has 176 valence electrons. The third-order valence-corrected chi connectivity index (χ3v) is 5.90.